The topological polar surface area (TPSA) is 102 Å². The predicted octanol–water partition coefficient (Wildman–Crippen LogP) is 1.77. The van der Waals surface area contributed by atoms with Crippen molar-refractivity contribution in [3.63, 3.8) is 0 Å². The molecule has 0 saturated heterocycles. The Kier molecular flexibility index (Phi) is 6.85. The van der Waals surface area contributed by atoms with E-state index in [9.17, 15) is 9.59 Å². The average Bonchev–Trinajstić information content (AvgIpc) is 2.65. The van der Waals surface area contributed by atoms with Crippen molar-refractivity contribution in [2.45, 2.75) is 6.42 Å². The van der Waals surface area contributed by atoms with Crippen molar-refractivity contribution in [3.8, 4) is 0 Å². The van der Waals surface area contributed by atoms with E-state index in [0.29, 0.717) is 24.5 Å². The molecule has 0 aliphatic heterocycles. The van der Waals surface area contributed by atoms with Gasteiger partial charge in [-0.3, -0.25) is 4.79 Å². The van der Waals surface area contributed by atoms with Gasteiger partial charge in [-0.05, 0) is 30.7 Å². The van der Waals surface area contributed by atoms with E-state index in [1.807, 2.05) is 0 Å². The highest BCUT2D eigenvalue weighted by atomic mass is 16.5. The van der Waals surface area contributed by atoms with Crippen molar-refractivity contribution in [1.29, 1.82) is 0 Å². The van der Waals surface area contributed by atoms with E-state index in [4.69, 9.17) is 4.74 Å². The monoisotopic (exact) mass is 344 g/mol. The minimum absolute atomic E-state index is 0.240. The second kappa shape index (κ2) is 9.33. The Hall–Kier alpha value is -3.00. The summed E-state index contributed by atoms with van der Waals surface area (Å²) in [5.41, 5.74) is 1.43. The summed E-state index contributed by atoms with van der Waals surface area (Å²) in [6, 6.07) is 6.74. The Bertz CT molecular complexity index is 702. The quantitative estimate of drug-likeness (QED) is 0.556. The zero-order valence-corrected chi connectivity index (χ0v) is 14.1. The molecule has 1 aromatic carbocycles. The summed E-state index contributed by atoms with van der Waals surface area (Å²) in [5.74, 6) is -0.188. The minimum atomic E-state index is -0.396. The number of amides is 1. The van der Waals surface area contributed by atoms with Gasteiger partial charge in [-0.15, -0.1) is 0 Å². The molecule has 8 heteroatoms. The van der Waals surface area contributed by atoms with E-state index >= 15 is 0 Å². The molecule has 2 aromatic rings. The number of aromatic nitrogens is 2. The number of ether oxygens (including phenoxy) is 2. The Balaban J connectivity index is 1.91. The van der Waals surface area contributed by atoms with Gasteiger partial charge in [-0.25, -0.2) is 14.8 Å². The van der Waals surface area contributed by atoms with E-state index in [0.717, 1.165) is 12.1 Å². The molecular formula is C17H20N4O4. The molecule has 0 saturated carbocycles. The van der Waals surface area contributed by atoms with Gasteiger partial charge in [-0.1, -0.05) is 0 Å². The van der Waals surface area contributed by atoms with E-state index in [-0.39, 0.29) is 11.6 Å². The third-order valence-corrected chi connectivity index (χ3v) is 3.27. The van der Waals surface area contributed by atoms with Crippen LogP contribution in [0, 0.1) is 0 Å². The van der Waals surface area contributed by atoms with Gasteiger partial charge >= 0.3 is 5.97 Å². The molecule has 0 atom stereocenters. The molecule has 2 N–H and O–H groups in total. The van der Waals surface area contributed by atoms with Crippen molar-refractivity contribution < 1.29 is 19.1 Å². The van der Waals surface area contributed by atoms with Gasteiger partial charge in [0.05, 0.1) is 25.1 Å². The van der Waals surface area contributed by atoms with E-state index < -0.39 is 5.97 Å². The summed E-state index contributed by atoms with van der Waals surface area (Å²) in [5, 5.41) is 5.78. The summed E-state index contributed by atoms with van der Waals surface area (Å²) in [6.07, 6.45) is 3.60. The lowest BCUT2D eigenvalue weighted by atomic mass is 10.2. The SMILES string of the molecule is COCCCNC(=O)c1cnc(Nc2ccc(C(=O)OC)cc2)cn1. The summed E-state index contributed by atoms with van der Waals surface area (Å²) >= 11 is 0. The highest BCUT2D eigenvalue weighted by Crippen LogP contribution is 2.15. The number of carbonyl (C=O) groups is 2. The van der Waals surface area contributed by atoms with Gasteiger partial charge in [0.2, 0.25) is 0 Å². The lowest BCUT2D eigenvalue weighted by Crippen LogP contribution is -2.26. The number of nitrogens with zero attached hydrogens (tertiary/aromatic N) is 2. The van der Waals surface area contributed by atoms with Gasteiger partial charge in [0.15, 0.2) is 0 Å². The molecule has 1 amide bonds. The normalized spacial score (nSPS) is 10.2. The number of carbonyl (C=O) groups excluding carboxylic acids is 2. The first-order valence-corrected chi connectivity index (χ1v) is 7.68. The van der Waals surface area contributed by atoms with E-state index in [1.54, 1.807) is 31.4 Å². The zero-order valence-electron chi connectivity index (χ0n) is 14.1. The predicted molar refractivity (Wildman–Crippen MR) is 91.9 cm³/mol. The van der Waals surface area contributed by atoms with Gasteiger partial charge in [0.1, 0.15) is 11.5 Å². The van der Waals surface area contributed by atoms with Crippen LogP contribution in [0.3, 0.4) is 0 Å². The second-order valence-corrected chi connectivity index (χ2v) is 5.08. The van der Waals surface area contributed by atoms with Crippen LogP contribution < -0.4 is 10.6 Å². The lowest BCUT2D eigenvalue weighted by molar-refractivity contribution is 0.0600. The van der Waals surface area contributed by atoms with Crippen molar-refractivity contribution >= 4 is 23.4 Å². The Labute approximate surface area is 145 Å². The molecule has 132 valence electrons. The third-order valence-electron chi connectivity index (χ3n) is 3.27. The van der Waals surface area contributed by atoms with Crippen LogP contribution in [0.4, 0.5) is 11.5 Å². The maximum atomic E-state index is 11.9. The number of nitrogens with one attached hydrogen (secondary N) is 2. The third kappa shape index (κ3) is 5.54. The Morgan fingerprint density at radius 1 is 1.08 bits per heavy atom. The van der Waals surface area contributed by atoms with Crippen molar-refractivity contribution in [2.75, 3.05) is 32.7 Å². The Morgan fingerprint density at radius 2 is 1.84 bits per heavy atom. The fourth-order valence-electron chi connectivity index (χ4n) is 1.97. The smallest absolute Gasteiger partial charge is 0.337 e. The average molecular weight is 344 g/mol. The molecule has 0 unspecified atom stereocenters. The number of hydrogen-bond donors (Lipinski definition) is 2. The molecule has 25 heavy (non-hydrogen) atoms. The first-order valence-electron chi connectivity index (χ1n) is 7.68. The molecule has 0 aliphatic carbocycles. The van der Waals surface area contributed by atoms with Crippen LogP contribution in [0.1, 0.15) is 27.3 Å². The van der Waals surface area contributed by atoms with E-state index in [1.165, 1.54) is 19.5 Å². The Morgan fingerprint density at radius 3 is 2.44 bits per heavy atom. The van der Waals surface area contributed by atoms with Crippen LogP contribution in [0.5, 0.6) is 0 Å². The fraction of sp³-hybridized carbons (Fsp3) is 0.294. The number of anilines is 2. The molecule has 2 rings (SSSR count). The minimum Gasteiger partial charge on any atom is -0.465 e. The molecule has 0 radical (unpaired) electrons. The first-order chi connectivity index (χ1) is 12.1. The van der Waals surface area contributed by atoms with Crippen LogP contribution in [0.25, 0.3) is 0 Å². The van der Waals surface area contributed by atoms with Crippen LogP contribution in [-0.4, -0.2) is 49.2 Å². The molecule has 0 fully saturated rings. The number of methoxy groups -OCH3 is 2. The number of esters is 1. The summed E-state index contributed by atoms with van der Waals surface area (Å²) in [6.45, 7) is 1.10. The van der Waals surface area contributed by atoms with Crippen LogP contribution in [0.15, 0.2) is 36.7 Å². The molecule has 8 nitrogen and oxygen atoms in total. The van der Waals surface area contributed by atoms with Gasteiger partial charge in [0.25, 0.3) is 5.91 Å². The maximum absolute atomic E-state index is 11.9. The molecule has 0 bridgehead atoms. The molecule has 0 aliphatic rings. The molecule has 1 heterocycles. The van der Waals surface area contributed by atoms with Crippen molar-refractivity contribution in [2.24, 2.45) is 0 Å². The molecule has 1 aromatic heterocycles. The molecular weight excluding hydrogens is 324 g/mol. The van der Waals surface area contributed by atoms with E-state index in [2.05, 4.69) is 25.3 Å². The second-order valence-electron chi connectivity index (χ2n) is 5.08. The fourth-order valence-corrected chi connectivity index (χ4v) is 1.97. The largest absolute Gasteiger partial charge is 0.465 e. The van der Waals surface area contributed by atoms with Gasteiger partial charge in [0, 0.05) is 25.9 Å². The number of hydrogen-bond acceptors (Lipinski definition) is 7. The van der Waals surface area contributed by atoms with Crippen LogP contribution in [0.2, 0.25) is 0 Å². The lowest BCUT2D eigenvalue weighted by Gasteiger charge is -2.07. The maximum Gasteiger partial charge on any atom is 0.337 e. The summed E-state index contributed by atoms with van der Waals surface area (Å²) < 4.78 is 9.56. The van der Waals surface area contributed by atoms with Gasteiger partial charge in [-0.2, -0.15) is 0 Å². The standard InChI is InChI=1S/C17H20N4O4/c1-24-9-3-8-18-16(22)14-10-20-15(11-19-14)21-13-6-4-12(5-7-13)17(23)25-2/h4-7,10-11H,3,8-9H2,1-2H3,(H,18,22)(H,20,21). The number of benzene rings is 1. The van der Waals surface area contributed by atoms with Crippen LogP contribution >= 0.6 is 0 Å². The van der Waals surface area contributed by atoms with Gasteiger partial charge < -0.3 is 20.1 Å². The highest BCUT2D eigenvalue weighted by Gasteiger charge is 2.08. The summed E-state index contributed by atoms with van der Waals surface area (Å²) in [4.78, 5) is 31.5. The van der Waals surface area contributed by atoms with Crippen LogP contribution in [-0.2, 0) is 9.47 Å². The molecule has 0 spiro atoms. The highest BCUT2D eigenvalue weighted by molar-refractivity contribution is 5.92. The van der Waals surface area contributed by atoms with Crippen molar-refractivity contribution in [3.05, 3.63) is 47.9 Å². The first kappa shape index (κ1) is 18.3. The number of rotatable bonds is 8. The van der Waals surface area contributed by atoms with Crippen molar-refractivity contribution in [1.82, 2.24) is 15.3 Å². The zero-order chi connectivity index (χ0) is 18.1. The summed E-state index contributed by atoms with van der Waals surface area (Å²) in [7, 11) is 2.95.